The highest BCUT2D eigenvalue weighted by Gasteiger charge is 2.34. The van der Waals surface area contributed by atoms with Gasteiger partial charge < -0.3 is 19.9 Å². The molecule has 24 heavy (non-hydrogen) atoms. The molecule has 0 heterocycles. The van der Waals surface area contributed by atoms with Gasteiger partial charge in [-0.1, -0.05) is 13.8 Å². The van der Waals surface area contributed by atoms with Crippen molar-refractivity contribution >= 4 is 10.0 Å². The minimum absolute atomic E-state index is 0.0725. The van der Waals surface area contributed by atoms with Crippen LogP contribution in [0.25, 0.3) is 0 Å². The van der Waals surface area contributed by atoms with Gasteiger partial charge in [0.25, 0.3) is 0 Å². The summed E-state index contributed by atoms with van der Waals surface area (Å²) in [5.41, 5.74) is 5.04. The fourth-order valence-corrected chi connectivity index (χ4v) is 4.41. The maximum atomic E-state index is 13.0. The summed E-state index contributed by atoms with van der Waals surface area (Å²) in [4.78, 5) is -0.0725. The van der Waals surface area contributed by atoms with Gasteiger partial charge in [0.15, 0.2) is 4.90 Å². The Morgan fingerprint density at radius 2 is 1.62 bits per heavy atom. The van der Waals surface area contributed by atoms with Gasteiger partial charge in [-0.2, -0.15) is 0 Å². The summed E-state index contributed by atoms with van der Waals surface area (Å²) in [5, 5.41) is 0. The topological polar surface area (TPSA) is 99.9 Å². The zero-order chi connectivity index (χ0) is 18.5. The zero-order valence-corrected chi connectivity index (χ0v) is 16.0. The summed E-state index contributed by atoms with van der Waals surface area (Å²) in [6.07, 6.45) is 0.601. The Kier molecular flexibility index (Phi) is 6.88. The molecular formula is C16H28N2O5S. The van der Waals surface area contributed by atoms with Gasteiger partial charge in [0.05, 0.1) is 21.3 Å². The minimum Gasteiger partial charge on any atom is -0.496 e. The Morgan fingerprint density at radius 3 is 1.96 bits per heavy atom. The maximum absolute atomic E-state index is 13.0. The minimum atomic E-state index is -3.92. The third kappa shape index (κ3) is 4.75. The van der Waals surface area contributed by atoms with E-state index in [0.29, 0.717) is 12.2 Å². The molecule has 1 unspecified atom stereocenters. The first-order chi connectivity index (χ1) is 11.1. The third-order valence-corrected chi connectivity index (χ3v) is 5.33. The normalized spacial score (nSPS) is 14.3. The van der Waals surface area contributed by atoms with E-state index in [4.69, 9.17) is 19.9 Å². The molecule has 0 aliphatic rings. The van der Waals surface area contributed by atoms with Gasteiger partial charge in [0.1, 0.15) is 17.2 Å². The maximum Gasteiger partial charge on any atom is 0.248 e. The molecule has 1 aromatic carbocycles. The van der Waals surface area contributed by atoms with Crippen molar-refractivity contribution in [2.45, 2.75) is 37.6 Å². The average molecular weight is 360 g/mol. The smallest absolute Gasteiger partial charge is 0.248 e. The largest absolute Gasteiger partial charge is 0.496 e. The van der Waals surface area contributed by atoms with Gasteiger partial charge in [-0.25, -0.2) is 13.1 Å². The number of rotatable bonds is 9. The second-order valence-electron chi connectivity index (χ2n) is 6.33. The molecule has 1 aromatic rings. The van der Waals surface area contributed by atoms with Crippen molar-refractivity contribution in [3.8, 4) is 17.2 Å². The van der Waals surface area contributed by atoms with E-state index in [-0.39, 0.29) is 28.9 Å². The molecule has 1 rings (SSSR count). The fraction of sp³-hybridized carbons (Fsp3) is 0.625. The number of sulfonamides is 1. The van der Waals surface area contributed by atoms with E-state index in [1.807, 2.05) is 13.8 Å². The van der Waals surface area contributed by atoms with Crippen LogP contribution in [0.1, 0.15) is 27.2 Å². The van der Waals surface area contributed by atoms with E-state index in [9.17, 15) is 8.42 Å². The Bertz CT molecular complexity index is 635. The number of methoxy groups -OCH3 is 3. The molecule has 0 saturated heterocycles. The Balaban J connectivity index is 3.41. The molecule has 0 aliphatic heterocycles. The fourth-order valence-electron chi connectivity index (χ4n) is 2.68. The van der Waals surface area contributed by atoms with Crippen molar-refractivity contribution in [3.05, 3.63) is 12.1 Å². The SMILES string of the molecule is COc1cc(OC)c(S(=O)(=O)NC(C)(CN)CC(C)C)c(OC)c1. The van der Waals surface area contributed by atoms with E-state index in [0.717, 1.165) is 0 Å². The van der Waals surface area contributed by atoms with Gasteiger partial charge in [0, 0.05) is 24.2 Å². The molecular weight excluding hydrogens is 332 g/mol. The van der Waals surface area contributed by atoms with Gasteiger partial charge >= 0.3 is 0 Å². The van der Waals surface area contributed by atoms with Crippen LogP contribution in [0, 0.1) is 5.92 Å². The number of hydrogen-bond donors (Lipinski definition) is 2. The van der Waals surface area contributed by atoms with Crippen LogP contribution in [0.4, 0.5) is 0 Å². The summed E-state index contributed by atoms with van der Waals surface area (Å²) >= 11 is 0. The van der Waals surface area contributed by atoms with Gasteiger partial charge in [-0.3, -0.25) is 0 Å². The number of nitrogens with one attached hydrogen (secondary N) is 1. The Morgan fingerprint density at radius 1 is 1.12 bits per heavy atom. The van der Waals surface area contributed by atoms with Crippen molar-refractivity contribution in [1.29, 1.82) is 0 Å². The summed E-state index contributed by atoms with van der Waals surface area (Å²) in [5.74, 6) is 0.998. The van der Waals surface area contributed by atoms with E-state index >= 15 is 0 Å². The first kappa shape index (κ1) is 20.5. The molecule has 138 valence electrons. The van der Waals surface area contributed by atoms with Crippen molar-refractivity contribution < 1.29 is 22.6 Å². The quantitative estimate of drug-likeness (QED) is 0.696. The van der Waals surface area contributed by atoms with Crippen molar-refractivity contribution in [2.75, 3.05) is 27.9 Å². The lowest BCUT2D eigenvalue weighted by atomic mass is 9.92. The highest BCUT2D eigenvalue weighted by Crippen LogP contribution is 2.38. The number of hydrogen-bond acceptors (Lipinski definition) is 6. The van der Waals surface area contributed by atoms with Gasteiger partial charge in [-0.05, 0) is 19.3 Å². The van der Waals surface area contributed by atoms with Crippen LogP contribution < -0.4 is 24.7 Å². The molecule has 0 bridgehead atoms. The molecule has 7 nitrogen and oxygen atoms in total. The molecule has 1 atom stereocenters. The van der Waals surface area contributed by atoms with E-state index in [2.05, 4.69) is 4.72 Å². The standard InChI is InChI=1S/C16H28N2O5S/c1-11(2)9-16(3,10-17)18-24(19,20)15-13(22-5)7-12(21-4)8-14(15)23-6/h7-8,11,18H,9-10,17H2,1-6H3. The first-order valence-corrected chi connectivity index (χ1v) is 9.14. The number of ether oxygens (including phenoxy) is 3. The first-order valence-electron chi connectivity index (χ1n) is 7.66. The van der Waals surface area contributed by atoms with Crippen LogP contribution in [-0.4, -0.2) is 41.8 Å². The van der Waals surface area contributed by atoms with Crippen molar-refractivity contribution in [1.82, 2.24) is 4.72 Å². The lowest BCUT2D eigenvalue weighted by molar-refractivity contribution is 0.338. The lowest BCUT2D eigenvalue weighted by Gasteiger charge is -2.31. The molecule has 0 spiro atoms. The third-order valence-electron chi connectivity index (χ3n) is 3.63. The molecule has 8 heteroatoms. The van der Waals surface area contributed by atoms with E-state index in [1.54, 1.807) is 6.92 Å². The van der Waals surface area contributed by atoms with Crippen molar-refractivity contribution in [3.63, 3.8) is 0 Å². The predicted molar refractivity (Wildman–Crippen MR) is 93.3 cm³/mol. The molecule has 0 fully saturated rings. The van der Waals surface area contributed by atoms with Gasteiger partial charge in [-0.15, -0.1) is 0 Å². The molecule has 3 N–H and O–H groups in total. The molecule has 0 aromatic heterocycles. The van der Waals surface area contributed by atoms with Crippen molar-refractivity contribution in [2.24, 2.45) is 11.7 Å². The predicted octanol–water partition coefficient (Wildman–Crippen LogP) is 1.75. The van der Waals surface area contributed by atoms with Crippen LogP contribution in [0.2, 0.25) is 0 Å². The number of nitrogens with two attached hydrogens (primary N) is 1. The van der Waals surface area contributed by atoms with Crippen LogP contribution in [0.15, 0.2) is 17.0 Å². The monoisotopic (exact) mass is 360 g/mol. The average Bonchev–Trinajstić information content (AvgIpc) is 2.51. The van der Waals surface area contributed by atoms with Crippen LogP contribution in [-0.2, 0) is 10.0 Å². The molecule has 0 aliphatic carbocycles. The molecule has 0 radical (unpaired) electrons. The second-order valence-corrected chi connectivity index (χ2v) is 7.95. The van der Waals surface area contributed by atoms with Crippen LogP contribution in [0.5, 0.6) is 17.2 Å². The van der Waals surface area contributed by atoms with E-state index in [1.165, 1.54) is 33.5 Å². The summed E-state index contributed by atoms with van der Waals surface area (Å²) in [6, 6.07) is 3.00. The summed E-state index contributed by atoms with van der Waals surface area (Å²) in [7, 11) is 0.344. The lowest BCUT2D eigenvalue weighted by Crippen LogP contribution is -2.52. The highest BCUT2D eigenvalue weighted by molar-refractivity contribution is 7.89. The Labute approximate surface area is 144 Å². The highest BCUT2D eigenvalue weighted by atomic mass is 32.2. The van der Waals surface area contributed by atoms with Crippen LogP contribution >= 0.6 is 0 Å². The number of benzene rings is 1. The van der Waals surface area contributed by atoms with Gasteiger partial charge in [0.2, 0.25) is 10.0 Å². The zero-order valence-electron chi connectivity index (χ0n) is 15.2. The summed E-state index contributed by atoms with van der Waals surface area (Å²) in [6.45, 7) is 5.98. The summed E-state index contributed by atoms with van der Waals surface area (Å²) < 4.78 is 44.3. The van der Waals surface area contributed by atoms with E-state index < -0.39 is 15.6 Å². The molecule has 0 amide bonds. The molecule has 0 saturated carbocycles. The van der Waals surface area contributed by atoms with Crippen LogP contribution in [0.3, 0.4) is 0 Å². The second kappa shape index (κ2) is 8.04. The Hall–Kier alpha value is -1.51.